The number of rotatable bonds is 5. The van der Waals surface area contributed by atoms with E-state index in [1.54, 1.807) is 32.5 Å². The summed E-state index contributed by atoms with van der Waals surface area (Å²) in [6.07, 6.45) is 1.73. The molecule has 0 radical (unpaired) electrons. The number of hydrogen-bond acceptors (Lipinski definition) is 6. The molecule has 0 spiro atoms. The minimum atomic E-state index is -1.37. The molecule has 0 amide bonds. The zero-order chi connectivity index (χ0) is 17.3. The van der Waals surface area contributed by atoms with Crippen molar-refractivity contribution < 1.29 is 34.0 Å². The molecule has 0 aliphatic carbocycles. The van der Waals surface area contributed by atoms with Gasteiger partial charge in [-0.1, -0.05) is 0 Å². The third-order valence-corrected chi connectivity index (χ3v) is 4.90. The van der Waals surface area contributed by atoms with Gasteiger partial charge in [0, 0.05) is 23.4 Å². The molecule has 1 unspecified atom stereocenters. The van der Waals surface area contributed by atoms with Gasteiger partial charge in [-0.25, -0.2) is 4.98 Å². The van der Waals surface area contributed by atoms with E-state index >= 15 is 0 Å². The number of H-pyrrole nitrogens is 1. The fourth-order valence-corrected chi connectivity index (χ4v) is 3.57. The van der Waals surface area contributed by atoms with E-state index in [1.807, 2.05) is 13.8 Å². The molecule has 0 saturated heterocycles. The third-order valence-electron chi connectivity index (χ3n) is 3.74. The van der Waals surface area contributed by atoms with Crippen LogP contribution in [0.5, 0.6) is 11.6 Å². The average Bonchev–Trinajstić information content (AvgIpc) is 3.01. The Hall–Kier alpha value is -1.88. The number of aryl methyl sites for hydroxylation is 1. The molecule has 3 aromatic rings. The molecule has 0 fully saturated rings. The van der Waals surface area contributed by atoms with E-state index < -0.39 is 10.8 Å². The number of nitrogens with zero attached hydrogens (tertiary/aromatic N) is 3. The van der Waals surface area contributed by atoms with Gasteiger partial charge in [-0.05, 0) is 19.9 Å². The van der Waals surface area contributed by atoms with Crippen molar-refractivity contribution in [2.24, 2.45) is 0 Å². The van der Waals surface area contributed by atoms with Crippen molar-refractivity contribution in [2.45, 2.75) is 24.8 Å². The van der Waals surface area contributed by atoms with Gasteiger partial charge in [-0.3, -0.25) is 9.19 Å². The number of pyridine rings is 2. The van der Waals surface area contributed by atoms with Crippen LogP contribution in [0.4, 0.5) is 0 Å². The summed E-state index contributed by atoms with van der Waals surface area (Å²) in [6.45, 7) is 3.84. The van der Waals surface area contributed by atoms with Crippen LogP contribution in [0.15, 0.2) is 23.5 Å². The Morgan fingerprint density at radius 3 is 2.64 bits per heavy atom. The summed E-state index contributed by atoms with van der Waals surface area (Å²) in [6, 6.07) is 3.52. The van der Waals surface area contributed by atoms with Gasteiger partial charge in [0.05, 0.1) is 42.0 Å². The van der Waals surface area contributed by atoms with Crippen LogP contribution in [0.1, 0.15) is 18.2 Å². The number of aromatic amines is 1. The molecule has 3 aromatic heterocycles. The molecule has 3 rings (SSSR count). The number of hydrogen-bond donors (Lipinski definition) is 1. The molecule has 0 aliphatic heterocycles. The Morgan fingerprint density at radius 2 is 1.96 bits per heavy atom. The van der Waals surface area contributed by atoms with Crippen molar-refractivity contribution in [2.75, 3.05) is 14.2 Å². The molecule has 128 valence electrons. The summed E-state index contributed by atoms with van der Waals surface area (Å²) in [4.78, 5) is 15.9. The molecular weight excluding hydrogens is 335 g/mol. The molecule has 3 heterocycles. The summed E-state index contributed by atoms with van der Waals surface area (Å²) < 4.78 is 23.1. The second-order valence-corrected chi connectivity index (χ2v) is 6.67. The SMILES string of the molecule is COc1ccc2[nH]c(S(=O)Cc3ncc(C)c(OC)c3C)nc2n1.[H-].[Li+]. The molecule has 1 N–H and O–H groups in total. The summed E-state index contributed by atoms with van der Waals surface area (Å²) in [5.41, 5.74) is 3.75. The first-order valence-electron chi connectivity index (χ1n) is 7.31. The number of nitrogens with one attached hydrogen (secondary N) is 1. The van der Waals surface area contributed by atoms with Crippen LogP contribution in [0.3, 0.4) is 0 Å². The molecule has 1 atom stereocenters. The van der Waals surface area contributed by atoms with E-state index in [0.29, 0.717) is 22.2 Å². The van der Waals surface area contributed by atoms with Crippen LogP contribution in [-0.4, -0.2) is 38.4 Å². The van der Waals surface area contributed by atoms with Gasteiger partial charge in [0.25, 0.3) is 0 Å². The van der Waals surface area contributed by atoms with E-state index in [0.717, 1.165) is 22.6 Å². The van der Waals surface area contributed by atoms with E-state index in [4.69, 9.17) is 9.47 Å². The Balaban J connectivity index is 0.00000169. The number of fused-ring (bicyclic) bond motifs is 1. The van der Waals surface area contributed by atoms with Crippen molar-refractivity contribution in [1.82, 2.24) is 19.9 Å². The standard InChI is InChI=1S/C16H18N4O3S.Li.H/c1-9-7-17-12(10(2)14(9)23-4)8-24(21)16-18-11-5-6-13(22-3)19-15(11)20-16;;/h5-7H,8H2,1-4H3,(H,18,19,20);;/q;+1;-1. The molecule has 0 aromatic carbocycles. The van der Waals surface area contributed by atoms with Crippen molar-refractivity contribution >= 4 is 22.0 Å². The van der Waals surface area contributed by atoms with Gasteiger partial charge >= 0.3 is 18.9 Å². The Kier molecular flexibility index (Phi) is 6.22. The molecule has 0 bridgehead atoms. The van der Waals surface area contributed by atoms with Crippen molar-refractivity contribution in [3.63, 3.8) is 0 Å². The van der Waals surface area contributed by atoms with Gasteiger partial charge in [0.2, 0.25) is 5.88 Å². The van der Waals surface area contributed by atoms with Crippen molar-refractivity contribution in [3.05, 3.63) is 35.2 Å². The number of aromatic nitrogens is 4. The van der Waals surface area contributed by atoms with Crippen LogP contribution >= 0.6 is 0 Å². The van der Waals surface area contributed by atoms with E-state index in [9.17, 15) is 4.21 Å². The number of ether oxygens (including phenoxy) is 2. The topological polar surface area (TPSA) is 90.0 Å². The van der Waals surface area contributed by atoms with Crippen LogP contribution in [-0.2, 0) is 16.6 Å². The minimum Gasteiger partial charge on any atom is -1.00 e. The summed E-state index contributed by atoms with van der Waals surface area (Å²) in [7, 11) is 1.79. The maximum Gasteiger partial charge on any atom is 1.00 e. The maximum atomic E-state index is 12.7. The predicted molar refractivity (Wildman–Crippen MR) is 91.9 cm³/mol. The van der Waals surface area contributed by atoms with Gasteiger partial charge in [0.1, 0.15) is 5.75 Å². The third kappa shape index (κ3) is 3.87. The fraction of sp³-hybridized carbons (Fsp3) is 0.312. The van der Waals surface area contributed by atoms with E-state index in [2.05, 4.69) is 19.9 Å². The summed E-state index contributed by atoms with van der Waals surface area (Å²) in [5, 5.41) is 0.367. The minimum absolute atomic E-state index is 0. The summed E-state index contributed by atoms with van der Waals surface area (Å²) >= 11 is 0. The van der Waals surface area contributed by atoms with E-state index in [-0.39, 0.29) is 26.0 Å². The fourth-order valence-electron chi connectivity index (χ4n) is 2.48. The van der Waals surface area contributed by atoms with Crippen molar-refractivity contribution in [3.8, 4) is 11.6 Å². The maximum absolute atomic E-state index is 12.7. The smallest absolute Gasteiger partial charge is 1.00 e. The largest absolute Gasteiger partial charge is 1.00 e. The second kappa shape index (κ2) is 8.00. The normalized spacial score (nSPS) is 11.8. The zero-order valence-corrected chi connectivity index (χ0v) is 15.7. The zero-order valence-electron chi connectivity index (χ0n) is 15.9. The van der Waals surface area contributed by atoms with Gasteiger partial charge in [-0.2, -0.15) is 4.98 Å². The van der Waals surface area contributed by atoms with Gasteiger partial charge < -0.3 is 15.9 Å². The van der Waals surface area contributed by atoms with Gasteiger partial charge in [0.15, 0.2) is 10.8 Å². The Bertz CT molecular complexity index is 935. The molecule has 0 saturated carbocycles. The van der Waals surface area contributed by atoms with Gasteiger partial charge in [-0.15, -0.1) is 0 Å². The first-order chi connectivity index (χ1) is 11.5. The Morgan fingerprint density at radius 1 is 1.20 bits per heavy atom. The van der Waals surface area contributed by atoms with Crippen molar-refractivity contribution in [1.29, 1.82) is 0 Å². The molecular formula is C16H19LiN4O3S. The van der Waals surface area contributed by atoms with Crippen LogP contribution in [0.25, 0.3) is 11.2 Å². The predicted octanol–water partition coefficient (Wildman–Crippen LogP) is -0.589. The summed E-state index contributed by atoms with van der Waals surface area (Å²) in [5.74, 6) is 1.49. The van der Waals surface area contributed by atoms with Crippen LogP contribution in [0, 0.1) is 13.8 Å². The second-order valence-electron chi connectivity index (χ2n) is 5.30. The van der Waals surface area contributed by atoms with Crippen LogP contribution < -0.4 is 28.3 Å². The quantitative estimate of drug-likeness (QED) is 0.616. The first kappa shape index (κ1) is 19.4. The average molecular weight is 354 g/mol. The van der Waals surface area contributed by atoms with Crippen LogP contribution in [0.2, 0.25) is 0 Å². The monoisotopic (exact) mass is 354 g/mol. The number of imidazole rings is 1. The van der Waals surface area contributed by atoms with E-state index in [1.165, 1.54) is 0 Å². The Labute approximate surface area is 161 Å². The number of methoxy groups -OCH3 is 2. The molecule has 7 nitrogen and oxygen atoms in total. The first-order valence-corrected chi connectivity index (χ1v) is 8.63. The molecule has 9 heteroatoms. The molecule has 0 aliphatic rings. The molecule has 25 heavy (non-hydrogen) atoms.